The number of carbonyl (C=O) groups is 1. The average molecular weight is 202 g/mol. The van der Waals surface area contributed by atoms with E-state index >= 15 is 0 Å². The minimum atomic E-state index is -3.11. The van der Waals surface area contributed by atoms with E-state index in [0.717, 1.165) is 0 Å². The summed E-state index contributed by atoms with van der Waals surface area (Å²) in [7, 11) is 0. The van der Waals surface area contributed by atoms with Gasteiger partial charge in [0.15, 0.2) is 0 Å². The van der Waals surface area contributed by atoms with Crippen LogP contribution < -0.4 is 59.1 Å². The molecular weight excluding hydrogens is 198 g/mol. The van der Waals surface area contributed by atoms with Crippen molar-refractivity contribution in [2.24, 2.45) is 0 Å². The molecule has 0 radical (unpaired) electrons. The summed E-state index contributed by atoms with van der Waals surface area (Å²) >= 11 is -3.11. The molecule has 56 valence electrons. The van der Waals surface area contributed by atoms with Crippen LogP contribution in [0.5, 0.6) is 0 Å². The SMILES string of the molecule is O=C(O)CO.O=S([O-])[O-].[Na+].[Na+]. The Bertz CT molecular complexity index is 103. The fourth-order valence-corrected chi connectivity index (χ4v) is 0. The third-order valence-electron chi connectivity index (χ3n) is 0.135. The molecule has 0 heterocycles. The largest absolute Gasteiger partial charge is 1.00 e. The molecule has 0 atom stereocenters. The van der Waals surface area contributed by atoms with Crippen molar-refractivity contribution in [1.29, 1.82) is 0 Å². The molecule has 0 aliphatic rings. The zero-order valence-corrected chi connectivity index (χ0v) is 11.0. The Kier molecular flexibility index (Phi) is 36.5. The summed E-state index contributed by atoms with van der Waals surface area (Å²) in [5, 5.41) is 15.0. The van der Waals surface area contributed by atoms with Crippen LogP contribution in [0.1, 0.15) is 0 Å². The topological polar surface area (TPSA) is 121 Å². The van der Waals surface area contributed by atoms with Gasteiger partial charge in [0.1, 0.15) is 6.61 Å². The Morgan fingerprint density at radius 3 is 1.45 bits per heavy atom. The fraction of sp³-hybridized carbons (Fsp3) is 0.500. The van der Waals surface area contributed by atoms with Crippen LogP contribution in [0.15, 0.2) is 0 Å². The monoisotopic (exact) mass is 202 g/mol. The molecule has 0 aliphatic carbocycles. The maximum Gasteiger partial charge on any atom is 1.00 e. The minimum Gasteiger partial charge on any atom is -0.784 e. The summed E-state index contributed by atoms with van der Waals surface area (Å²) in [5.41, 5.74) is 0. The number of carboxylic acid groups (broad SMARTS) is 1. The first-order chi connectivity index (χ1) is 4.00. The zero-order valence-electron chi connectivity index (χ0n) is 6.14. The number of carboxylic acids is 1. The van der Waals surface area contributed by atoms with E-state index in [1.165, 1.54) is 0 Å². The molecule has 0 saturated carbocycles. The number of aliphatic hydroxyl groups is 1. The third kappa shape index (κ3) is 84.7. The molecule has 0 amide bonds. The van der Waals surface area contributed by atoms with Crippen LogP contribution in [0.2, 0.25) is 0 Å². The molecule has 0 aromatic heterocycles. The molecule has 11 heavy (non-hydrogen) atoms. The van der Waals surface area contributed by atoms with Crippen LogP contribution in [0, 0.1) is 0 Å². The standard InChI is InChI=1S/C2H4O3.2Na.H2O3S/c3-1-2(4)5;;;1-4(2)3/h3H,1H2,(H,4,5);;;(H2,1,2,3)/q;2*+1;/p-2. The predicted molar refractivity (Wildman–Crippen MR) is 24.4 cm³/mol. The second-order valence-corrected chi connectivity index (χ2v) is 1.16. The van der Waals surface area contributed by atoms with Gasteiger partial charge in [-0.05, 0) is 0 Å². The van der Waals surface area contributed by atoms with E-state index < -0.39 is 23.9 Å². The summed E-state index contributed by atoms with van der Waals surface area (Å²) in [4.78, 5) is 9.12. The zero-order chi connectivity index (χ0) is 7.86. The molecule has 0 aromatic carbocycles. The fourth-order valence-electron chi connectivity index (χ4n) is 0. The van der Waals surface area contributed by atoms with Crippen LogP contribution in [0.4, 0.5) is 0 Å². The van der Waals surface area contributed by atoms with Crippen molar-refractivity contribution in [3.8, 4) is 0 Å². The van der Waals surface area contributed by atoms with E-state index in [4.69, 9.17) is 28.3 Å². The van der Waals surface area contributed by atoms with Gasteiger partial charge in [0.25, 0.3) is 0 Å². The molecule has 0 fully saturated rings. The summed E-state index contributed by atoms with van der Waals surface area (Å²) in [6.07, 6.45) is 0. The number of hydrogen-bond donors (Lipinski definition) is 2. The maximum absolute atomic E-state index is 9.12. The second-order valence-electron chi connectivity index (χ2n) is 0.756. The number of aliphatic hydroxyl groups excluding tert-OH is 1. The molecule has 0 unspecified atom stereocenters. The van der Waals surface area contributed by atoms with Gasteiger partial charge < -0.3 is 19.3 Å². The van der Waals surface area contributed by atoms with Gasteiger partial charge in [0.05, 0.1) is 0 Å². The van der Waals surface area contributed by atoms with E-state index in [1.807, 2.05) is 0 Å². The molecule has 0 saturated heterocycles. The molecule has 0 aromatic rings. The Morgan fingerprint density at radius 2 is 1.45 bits per heavy atom. The Labute approximate surface area is 110 Å². The molecule has 0 aliphatic heterocycles. The average Bonchev–Trinajstić information content (AvgIpc) is 1.65. The van der Waals surface area contributed by atoms with Crippen molar-refractivity contribution in [2.45, 2.75) is 0 Å². The van der Waals surface area contributed by atoms with Gasteiger partial charge in [-0.3, -0.25) is 4.21 Å². The van der Waals surface area contributed by atoms with Crippen LogP contribution in [-0.4, -0.2) is 36.1 Å². The van der Waals surface area contributed by atoms with Gasteiger partial charge >= 0.3 is 65.1 Å². The molecule has 6 nitrogen and oxygen atoms in total. The van der Waals surface area contributed by atoms with Crippen molar-refractivity contribution in [1.82, 2.24) is 0 Å². The van der Waals surface area contributed by atoms with Gasteiger partial charge in [-0.2, -0.15) is 0 Å². The Hall–Kier alpha value is 1.50. The van der Waals surface area contributed by atoms with E-state index in [-0.39, 0.29) is 59.1 Å². The van der Waals surface area contributed by atoms with Gasteiger partial charge in [0, 0.05) is 0 Å². The molecule has 2 N–H and O–H groups in total. The number of hydrogen-bond acceptors (Lipinski definition) is 5. The van der Waals surface area contributed by atoms with Crippen molar-refractivity contribution < 1.29 is 87.4 Å². The van der Waals surface area contributed by atoms with Crippen molar-refractivity contribution in [3.05, 3.63) is 0 Å². The van der Waals surface area contributed by atoms with E-state index in [2.05, 4.69) is 0 Å². The summed E-state index contributed by atoms with van der Waals surface area (Å²) < 4.78 is 25.3. The minimum absolute atomic E-state index is 0. The summed E-state index contributed by atoms with van der Waals surface area (Å²) in [6, 6.07) is 0. The Balaban J connectivity index is -0.0000000383. The third-order valence-corrected chi connectivity index (χ3v) is 0.135. The maximum atomic E-state index is 9.12. The quantitative estimate of drug-likeness (QED) is 0.322. The van der Waals surface area contributed by atoms with Gasteiger partial charge in [-0.1, -0.05) is 0 Å². The van der Waals surface area contributed by atoms with Crippen molar-refractivity contribution >= 4 is 17.3 Å². The van der Waals surface area contributed by atoms with E-state index in [0.29, 0.717) is 0 Å². The van der Waals surface area contributed by atoms with Crippen LogP contribution in [0.25, 0.3) is 0 Å². The molecule has 0 spiro atoms. The number of aliphatic carboxylic acids is 1. The first-order valence-corrected chi connectivity index (χ1v) is 2.60. The van der Waals surface area contributed by atoms with E-state index in [1.54, 1.807) is 0 Å². The summed E-state index contributed by atoms with van der Waals surface area (Å²) in [6.45, 7) is -0.778. The predicted octanol–water partition coefficient (Wildman–Crippen LogP) is -7.93. The second kappa shape index (κ2) is 17.5. The van der Waals surface area contributed by atoms with Crippen LogP contribution in [0.3, 0.4) is 0 Å². The van der Waals surface area contributed by atoms with Crippen molar-refractivity contribution in [2.75, 3.05) is 6.61 Å². The Morgan fingerprint density at radius 1 is 1.36 bits per heavy atom. The molecular formula is C2H4Na2O6S. The van der Waals surface area contributed by atoms with Gasteiger partial charge in [-0.15, -0.1) is 11.4 Å². The smallest absolute Gasteiger partial charge is 0.784 e. The van der Waals surface area contributed by atoms with E-state index in [9.17, 15) is 0 Å². The molecule has 9 heteroatoms. The summed E-state index contributed by atoms with van der Waals surface area (Å²) in [5.74, 6) is -1.19. The van der Waals surface area contributed by atoms with Crippen LogP contribution >= 0.6 is 0 Å². The normalized spacial score (nSPS) is 6.55. The number of rotatable bonds is 1. The van der Waals surface area contributed by atoms with Crippen molar-refractivity contribution in [3.63, 3.8) is 0 Å². The molecule has 0 bridgehead atoms. The van der Waals surface area contributed by atoms with Gasteiger partial charge in [0.2, 0.25) is 0 Å². The first kappa shape index (κ1) is 22.9. The first-order valence-electron chi connectivity index (χ1n) is 1.60. The molecule has 0 rings (SSSR count). The van der Waals surface area contributed by atoms with Gasteiger partial charge in [-0.25, -0.2) is 4.79 Å². The van der Waals surface area contributed by atoms with Crippen LogP contribution in [-0.2, 0) is 16.2 Å².